The minimum atomic E-state index is 0.0485. The molecular weight excluding hydrogens is 316 g/mol. The second-order valence-electron chi connectivity index (χ2n) is 5.52. The van der Waals surface area contributed by atoms with Crippen molar-refractivity contribution in [3.8, 4) is 0 Å². The van der Waals surface area contributed by atoms with Gasteiger partial charge in [0.05, 0.1) is 6.54 Å². The molecule has 0 radical (unpaired) electrons. The molecule has 0 atom stereocenters. The Morgan fingerprint density at radius 3 is 2.39 bits per heavy atom. The zero-order valence-corrected chi connectivity index (χ0v) is 13.8. The summed E-state index contributed by atoms with van der Waals surface area (Å²) in [6, 6.07) is 7.02. The van der Waals surface area contributed by atoms with Gasteiger partial charge in [0.2, 0.25) is 11.8 Å². The van der Waals surface area contributed by atoms with Crippen LogP contribution in [0.2, 0.25) is 5.02 Å². The zero-order valence-electron chi connectivity index (χ0n) is 13.0. The highest BCUT2D eigenvalue weighted by Gasteiger charge is 2.23. The fourth-order valence-corrected chi connectivity index (χ4v) is 2.70. The SMILES string of the molecule is CCc1nnc(CN2CCN(C(=O)c3ccc(Cl)cc3)CC2)o1. The molecule has 0 N–H and O–H groups in total. The lowest BCUT2D eigenvalue weighted by atomic mass is 10.2. The summed E-state index contributed by atoms with van der Waals surface area (Å²) >= 11 is 5.86. The maximum atomic E-state index is 12.4. The monoisotopic (exact) mass is 334 g/mol. The molecule has 0 bridgehead atoms. The van der Waals surface area contributed by atoms with Gasteiger partial charge in [0.15, 0.2) is 0 Å². The standard InChI is InChI=1S/C16H19ClN4O2/c1-2-14-18-19-15(23-14)11-20-7-9-21(10-8-20)16(22)12-3-5-13(17)6-4-12/h3-6H,2,7-11H2,1H3. The van der Waals surface area contributed by atoms with Crippen molar-refractivity contribution in [1.29, 1.82) is 0 Å². The molecule has 0 spiro atoms. The van der Waals surface area contributed by atoms with Crippen LogP contribution < -0.4 is 0 Å². The first-order valence-electron chi connectivity index (χ1n) is 7.74. The number of carbonyl (C=O) groups excluding carboxylic acids is 1. The minimum Gasteiger partial charge on any atom is -0.424 e. The molecule has 3 rings (SSSR count). The molecule has 7 heteroatoms. The van der Waals surface area contributed by atoms with E-state index >= 15 is 0 Å². The highest BCUT2D eigenvalue weighted by atomic mass is 35.5. The van der Waals surface area contributed by atoms with Crippen LogP contribution in [-0.4, -0.2) is 52.1 Å². The van der Waals surface area contributed by atoms with Gasteiger partial charge >= 0.3 is 0 Å². The summed E-state index contributed by atoms with van der Waals surface area (Å²) in [6.45, 7) is 5.59. The van der Waals surface area contributed by atoms with E-state index in [1.165, 1.54) is 0 Å². The summed E-state index contributed by atoms with van der Waals surface area (Å²) in [7, 11) is 0. The maximum absolute atomic E-state index is 12.4. The van der Waals surface area contributed by atoms with Gasteiger partial charge in [-0.3, -0.25) is 9.69 Å². The normalized spacial score (nSPS) is 15.8. The number of carbonyl (C=O) groups is 1. The zero-order chi connectivity index (χ0) is 16.2. The molecule has 1 aromatic heterocycles. The predicted molar refractivity (Wildman–Crippen MR) is 86.3 cm³/mol. The van der Waals surface area contributed by atoms with Crippen molar-refractivity contribution in [3.05, 3.63) is 46.6 Å². The fourth-order valence-electron chi connectivity index (χ4n) is 2.57. The van der Waals surface area contributed by atoms with E-state index < -0.39 is 0 Å². The van der Waals surface area contributed by atoms with Gasteiger partial charge in [0.1, 0.15) is 0 Å². The van der Waals surface area contributed by atoms with E-state index in [0.717, 1.165) is 19.5 Å². The molecule has 1 aromatic carbocycles. The van der Waals surface area contributed by atoms with Crippen LogP contribution in [0.15, 0.2) is 28.7 Å². The molecule has 2 aromatic rings. The lowest BCUT2D eigenvalue weighted by Gasteiger charge is -2.34. The van der Waals surface area contributed by atoms with E-state index in [1.807, 2.05) is 11.8 Å². The van der Waals surface area contributed by atoms with Gasteiger partial charge in [-0.15, -0.1) is 10.2 Å². The summed E-state index contributed by atoms with van der Waals surface area (Å²) in [5, 5.41) is 8.65. The molecular formula is C16H19ClN4O2. The fraction of sp³-hybridized carbons (Fsp3) is 0.438. The van der Waals surface area contributed by atoms with Crippen LogP contribution in [0.4, 0.5) is 0 Å². The van der Waals surface area contributed by atoms with Gasteiger partial charge in [0.25, 0.3) is 5.91 Å². The summed E-state index contributed by atoms with van der Waals surface area (Å²) in [6.07, 6.45) is 0.746. The first kappa shape index (κ1) is 16.0. The van der Waals surface area contributed by atoms with Crippen molar-refractivity contribution < 1.29 is 9.21 Å². The molecule has 1 saturated heterocycles. The molecule has 0 aliphatic carbocycles. The Morgan fingerprint density at radius 1 is 1.13 bits per heavy atom. The van der Waals surface area contributed by atoms with Crippen LogP contribution in [0.1, 0.15) is 29.1 Å². The van der Waals surface area contributed by atoms with E-state index in [9.17, 15) is 4.79 Å². The van der Waals surface area contributed by atoms with Crippen LogP contribution >= 0.6 is 11.6 Å². The van der Waals surface area contributed by atoms with Gasteiger partial charge in [0, 0.05) is 43.2 Å². The van der Waals surface area contributed by atoms with E-state index in [-0.39, 0.29) is 5.91 Å². The second-order valence-corrected chi connectivity index (χ2v) is 5.95. The summed E-state index contributed by atoms with van der Waals surface area (Å²) in [5.74, 6) is 1.35. The third kappa shape index (κ3) is 3.89. The quantitative estimate of drug-likeness (QED) is 0.858. The number of benzene rings is 1. The largest absolute Gasteiger partial charge is 0.424 e. The number of piperazine rings is 1. The summed E-state index contributed by atoms with van der Waals surface area (Å²) in [4.78, 5) is 16.5. The lowest BCUT2D eigenvalue weighted by molar-refractivity contribution is 0.0617. The highest BCUT2D eigenvalue weighted by Crippen LogP contribution is 2.14. The van der Waals surface area contributed by atoms with Crippen molar-refractivity contribution >= 4 is 17.5 Å². The Bertz CT molecular complexity index is 663. The van der Waals surface area contributed by atoms with Crippen molar-refractivity contribution in [3.63, 3.8) is 0 Å². The molecule has 1 aliphatic heterocycles. The summed E-state index contributed by atoms with van der Waals surface area (Å²) < 4.78 is 5.53. The molecule has 1 amide bonds. The van der Waals surface area contributed by atoms with Gasteiger partial charge in [-0.05, 0) is 24.3 Å². The van der Waals surface area contributed by atoms with Crippen LogP contribution in [0, 0.1) is 0 Å². The second kappa shape index (κ2) is 7.10. The molecule has 23 heavy (non-hydrogen) atoms. The third-order valence-corrected chi connectivity index (χ3v) is 4.17. The summed E-state index contributed by atoms with van der Waals surface area (Å²) in [5.41, 5.74) is 0.673. The first-order chi connectivity index (χ1) is 11.2. The molecule has 2 heterocycles. The molecule has 6 nitrogen and oxygen atoms in total. The number of rotatable bonds is 4. The topological polar surface area (TPSA) is 62.5 Å². The maximum Gasteiger partial charge on any atom is 0.253 e. The average Bonchev–Trinajstić information content (AvgIpc) is 3.03. The number of halogens is 1. The van der Waals surface area contributed by atoms with Crippen LogP contribution in [0.5, 0.6) is 0 Å². The van der Waals surface area contributed by atoms with E-state index in [1.54, 1.807) is 24.3 Å². The Kier molecular flexibility index (Phi) is 4.93. The molecule has 0 saturated carbocycles. The van der Waals surface area contributed by atoms with Gasteiger partial charge in [-0.25, -0.2) is 0 Å². The third-order valence-electron chi connectivity index (χ3n) is 3.92. The Labute approximate surface area is 140 Å². The highest BCUT2D eigenvalue weighted by molar-refractivity contribution is 6.30. The van der Waals surface area contributed by atoms with Crippen molar-refractivity contribution in [2.75, 3.05) is 26.2 Å². The molecule has 1 aliphatic rings. The molecule has 122 valence electrons. The van der Waals surface area contributed by atoms with Gasteiger partial charge in [-0.2, -0.15) is 0 Å². The van der Waals surface area contributed by atoms with Crippen LogP contribution in [0.25, 0.3) is 0 Å². The van der Waals surface area contributed by atoms with E-state index in [4.69, 9.17) is 16.0 Å². The van der Waals surface area contributed by atoms with Gasteiger partial charge in [-0.1, -0.05) is 18.5 Å². The number of aromatic nitrogens is 2. The Hall–Kier alpha value is -1.92. The number of hydrogen-bond donors (Lipinski definition) is 0. The number of nitrogens with zero attached hydrogens (tertiary/aromatic N) is 4. The van der Waals surface area contributed by atoms with Crippen LogP contribution in [0.3, 0.4) is 0 Å². The first-order valence-corrected chi connectivity index (χ1v) is 8.12. The minimum absolute atomic E-state index is 0.0485. The predicted octanol–water partition coefficient (Wildman–Crippen LogP) is 2.24. The van der Waals surface area contributed by atoms with Gasteiger partial charge < -0.3 is 9.32 Å². The molecule has 0 unspecified atom stereocenters. The Balaban J connectivity index is 1.53. The van der Waals surface area contributed by atoms with E-state index in [0.29, 0.717) is 42.0 Å². The average molecular weight is 335 g/mol. The number of hydrogen-bond acceptors (Lipinski definition) is 5. The molecule has 1 fully saturated rings. The van der Waals surface area contributed by atoms with Crippen molar-refractivity contribution in [2.45, 2.75) is 19.9 Å². The van der Waals surface area contributed by atoms with E-state index in [2.05, 4.69) is 15.1 Å². The smallest absolute Gasteiger partial charge is 0.253 e. The van der Waals surface area contributed by atoms with Crippen molar-refractivity contribution in [2.24, 2.45) is 0 Å². The Morgan fingerprint density at radius 2 is 1.78 bits per heavy atom. The number of amides is 1. The lowest BCUT2D eigenvalue weighted by Crippen LogP contribution is -2.48. The number of aryl methyl sites for hydroxylation is 1. The van der Waals surface area contributed by atoms with Crippen LogP contribution in [-0.2, 0) is 13.0 Å². The van der Waals surface area contributed by atoms with Crippen molar-refractivity contribution in [1.82, 2.24) is 20.0 Å².